The molecule has 0 aliphatic heterocycles. The molecule has 3 aromatic carbocycles. The smallest absolute Gasteiger partial charge is 0.241 e. The minimum Gasteiger partial charge on any atom is -0.491 e. The Labute approximate surface area is 231 Å². The van der Waals surface area contributed by atoms with Crippen molar-refractivity contribution >= 4 is 61.3 Å². The van der Waals surface area contributed by atoms with Crippen molar-refractivity contribution in [1.82, 2.24) is 14.9 Å². The molecule has 4 N–H and O–H groups in total. The first kappa shape index (κ1) is 27.1. The van der Waals surface area contributed by atoms with Gasteiger partial charge >= 0.3 is 0 Å². The van der Waals surface area contributed by atoms with Crippen molar-refractivity contribution in [2.24, 2.45) is 5.73 Å². The van der Waals surface area contributed by atoms with Crippen LogP contribution in [0, 0.1) is 0 Å². The predicted molar refractivity (Wildman–Crippen MR) is 158 cm³/mol. The fourth-order valence-corrected chi connectivity index (χ4v) is 4.30. The maximum absolute atomic E-state index is 11.8. The van der Waals surface area contributed by atoms with Crippen molar-refractivity contribution in [3.05, 3.63) is 83.0 Å². The Hall–Kier alpha value is -3.95. The Bertz CT molecular complexity index is 1490. The van der Waals surface area contributed by atoms with Gasteiger partial charge in [-0.2, -0.15) is 4.98 Å². The maximum Gasteiger partial charge on any atom is 0.241 e. The number of nitrogens with one attached hydrogen (secondary N) is 2. The number of rotatable bonds is 10. The Morgan fingerprint density at radius 2 is 1.84 bits per heavy atom. The molecule has 196 valence electrons. The maximum atomic E-state index is 11.8. The van der Waals surface area contributed by atoms with Gasteiger partial charge in [0, 0.05) is 36.1 Å². The molecule has 0 fully saturated rings. The number of carbonyl (C=O) groups is 1. The number of halogens is 1. The number of amides is 1. The molecular formula is C29H31BrN6O2. The molecule has 0 atom stereocenters. The number of hydrogen-bond donors (Lipinski definition) is 3. The lowest BCUT2D eigenvalue weighted by atomic mass is 10.0. The van der Waals surface area contributed by atoms with E-state index < -0.39 is 5.91 Å². The number of hydrogen-bond acceptors (Lipinski definition) is 7. The lowest BCUT2D eigenvalue weighted by Crippen LogP contribution is -2.18. The van der Waals surface area contributed by atoms with Gasteiger partial charge in [0.1, 0.15) is 11.6 Å². The van der Waals surface area contributed by atoms with Gasteiger partial charge in [-0.25, -0.2) is 4.98 Å². The highest BCUT2D eigenvalue weighted by Crippen LogP contribution is 2.32. The van der Waals surface area contributed by atoms with Crippen molar-refractivity contribution < 1.29 is 9.53 Å². The summed E-state index contributed by atoms with van der Waals surface area (Å²) >= 11 is 3.55. The molecule has 0 radical (unpaired) electrons. The minimum absolute atomic E-state index is 0.00204. The normalized spacial score (nSPS) is 11.7. The summed E-state index contributed by atoms with van der Waals surface area (Å²) in [6, 6.07) is 20.0. The lowest BCUT2D eigenvalue weighted by Gasteiger charge is -2.19. The molecule has 8 nitrogen and oxygen atoms in total. The van der Waals surface area contributed by atoms with Crippen LogP contribution in [0.5, 0.6) is 5.75 Å². The number of nitrogens with two attached hydrogens (primary N) is 1. The van der Waals surface area contributed by atoms with Crippen molar-refractivity contribution in [3.8, 4) is 5.75 Å². The molecule has 0 unspecified atom stereocenters. The number of aromatic nitrogens is 2. The summed E-state index contributed by atoms with van der Waals surface area (Å²) in [5.74, 6) is 1.15. The molecule has 1 aromatic heterocycles. The van der Waals surface area contributed by atoms with Crippen molar-refractivity contribution in [2.75, 3.05) is 31.3 Å². The standard InChI is InChI=1S/C29H31BrN6O2/c1-18(2)38-23-11-12-24(21(14-27(31)37)17-36(3)4)26(15-23)34-29-32-16-25(30)28(35-29)33-22-10-9-19-7-5-6-8-20(19)13-22/h5-16,18H,17H2,1-4H3,(H2,31,37)(H2,32,33,34,35). The number of carbonyl (C=O) groups excluding carboxylic acids is 1. The van der Waals surface area contributed by atoms with E-state index in [1.165, 1.54) is 6.08 Å². The zero-order valence-electron chi connectivity index (χ0n) is 21.8. The number of likely N-dealkylation sites (N-methyl/N-ethyl adjacent to an activating group) is 1. The molecule has 1 amide bonds. The number of nitrogens with zero attached hydrogens (tertiary/aromatic N) is 3. The fourth-order valence-electron chi connectivity index (χ4n) is 4.01. The van der Waals surface area contributed by atoms with Crippen LogP contribution in [0.4, 0.5) is 23.1 Å². The van der Waals surface area contributed by atoms with E-state index in [1.54, 1.807) is 6.20 Å². The van der Waals surface area contributed by atoms with Crippen molar-refractivity contribution in [2.45, 2.75) is 20.0 Å². The van der Waals surface area contributed by atoms with Crippen LogP contribution in [0.25, 0.3) is 16.3 Å². The lowest BCUT2D eigenvalue weighted by molar-refractivity contribution is -0.113. The summed E-state index contributed by atoms with van der Waals surface area (Å²) in [5, 5.41) is 8.99. The van der Waals surface area contributed by atoms with E-state index in [-0.39, 0.29) is 6.10 Å². The number of fused-ring (bicyclic) bond motifs is 1. The average Bonchev–Trinajstić information content (AvgIpc) is 2.85. The van der Waals surface area contributed by atoms with E-state index in [9.17, 15) is 4.79 Å². The fraction of sp³-hybridized carbons (Fsp3) is 0.207. The Kier molecular flexibility index (Phi) is 8.60. The third-order valence-corrected chi connectivity index (χ3v) is 6.09. The summed E-state index contributed by atoms with van der Waals surface area (Å²) < 4.78 is 6.64. The van der Waals surface area contributed by atoms with Crippen molar-refractivity contribution in [1.29, 1.82) is 0 Å². The first-order chi connectivity index (χ1) is 18.2. The number of ether oxygens (including phenoxy) is 1. The van der Waals surface area contributed by atoms with Gasteiger partial charge in [0.25, 0.3) is 0 Å². The Balaban J connectivity index is 1.70. The predicted octanol–water partition coefficient (Wildman–Crippen LogP) is 6.10. The highest BCUT2D eigenvalue weighted by Gasteiger charge is 2.15. The number of anilines is 4. The molecule has 0 saturated heterocycles. The molecular weight excluding hydrogens is 544 g/mol. The molecule has 38 heavy (non-hydrogen) atoms. The molecule has 0 spiro atoms. The van der Waals surface area contributed by atoms with Gasteiger partial charge in [-0.3, -0.25) is 4.79 Å². The molecule has 0 aliphatic carbocycles. The first-order valence-electron chi connectivity index (χ1n) is 12.2. The van der Waals surface area contributed by atoms with E-state index >= 15 is 0 Å². The Morgan fingerprint density at radius 3 is 2.55 bits per heavy atom. The number of primary amides is 1. The summed E-state index contributed by atoms with van der Waals surface area (Å²) in [7, 11) is 3.86. The summed E-state index contributed by atoms with van der Waals surface area (Å²) in [6.45, 7) is 4.44. The van der Waals surface area contributed by atoms with Crippen LogP contribution in [0.2, 0.25) is 0 Å². The zero-order chi connectivity index (χ0) is 27.2. The second-order valence-electron chi connectivity index (χ2n) is 9.39. The van der Waals surface area contributed by atoms with Crippen LogP contribution in [-0.4, -0.2) is 47.5 Å². The third kappa shape index (κ3) is 7.08. The molecule has 0 aliphatic rings. The molecule has 4 rings (SSSR count). The highest BCUT2D eigenvalue weighted by atomic mass is 79.9. The van der Waals surface area contributed by atoms with Crippen molar-refractivity contribution in [3.63, 3.8) is 0 Å². The highest BCUT2D eigenvalue weighted by molar-refractivity contribution is 9.10. The largest absolute Gasteiger partial charge is 0.491 e. The SMILES string of the molecule is CC(C)Oc1ccc(C(=CC(N)=O)CN(C)C)c(Nc2ncc(Br)c(Nc3ccc4ccccc4c3)n2)c1. The topological polar surface area (TPSA) is 105 Å². The van der Waals surface area contributed by atoms with Crippen LogP contribution in [0.1, 0.15) is 19.4 Å². The quantitative estimate of drug-likeness (QED) is 0.196. The van der Waals surface area contributed by atoms with E-state index in [4.69, 9.17) is 15.5 Å². The van der Waals surface area contributed by atoms with E-state index in [1.807, 2.05) is 69.2 Å². The van der Waals surface area contributed by atoms with Gasteiger partial charge in [0.15, 0.2) is 0 Å². The number of benzene rings is 3. The van der Waals surface area contributed by atoms with Gasteiger partial charge in [0.05, 0.1) is 16.3 Å². The second kappa shape index (κ2) is 12.1. The van der Waals surface area contributed by atoms with Crippen LogP contribution >= 0.6 is 15.9 Å². The minimum atomic E-state index is -0.517. The van der Waals surface area contributed by atoms with Crippen LogP contribution in [0.3, 0.4) is 0 Å². The first-order valence-corrected chi connectivity index (χ1v) is 13.0. The third-order valence-electron chi connectivity index (χ3n) is 5.51. The van der Waals surface area contributed by atoms with Crippen LogP contribution in [-0.2, 0) is 4.79 Å². The second-order valence-corrected chi connectivity index (χ2v) is 10.2. The van der Waals surface area contributed by atoms with Crippen LogP contribution in [0.15, 0.2) is 77.4 Å². The summed E-state index contributed by atoms with van der Waals surface area (Å²) in [4.78, 5) is 23.0. The molecule has 9 heteroatoms. The summed E-state index contributed by atoms with van der Waals surface area (Å²) in [5.41, 5.74) is 8.68. The van der Waals surface area contributed by atoms with Gasteiger partial charge < -0.3 is 26.0 Å². The zero-order valence-corrected chi connectivity index (χ0v) is 23.4. The van der Waals surface area contributed by atoms with E-state index in [2.05, 4.69) is 55.8 Å². The van der Waals surface area contributed by atoms with E-state index in [0.29, 0.717) is 29.7 Å². The van der Waals surface area contributed by atoms with Gasteiger partial charge in [-0.1, -0.05) is 30.3 Å². The van der Waals surface area contributed by atoms with Gasteiger partial charge in [-0.05, 0) is 84.5 Å². The molecule has 0 saturated carbocycles. The monoisotopic (exact) mass is 574 g/mol. The molecule has 4 aromatic rings. The molecule has 0 bridgehead atoms. The van der Waals surface area contributed by atoms with Gasteiger partial charge in [0.2, 0.25) is 11.9 Å². The summed E-state index contributed by atoms with van der Waals surface area (Å²) in [6.07, 6.45) is 3.13. The Morgan fingerprint density at radius 1 is 1.08 bits per heavy atom. The molecule has 1 heterocycles. The van der Waals surface area contributed by atoms with Gasteiger partial charge in [-0.15, -0.1) is 0 Å². The van der Waals surface area contributed by atoms with E-state index in [0.717, 1.165) is 32.1 Å². The average molecular weight is 576 g/mol. The van der Waals surface area contributed by atoms with Crippen LogP contribution < -0.4 is 21.1 Å².